The molecule has 27 heavy (non-hydrogen) atoms. The molecule has 0 heterocycles. The Hall–Kier alpha value is -2.70. The summed E-state index contributed by atoms with van der Waals surface area (Å²) in [5, 5.41) is 2.69. The summed E-state index contributed by atoms with van der Waals surface area (Å²) in [6, 6.07) is 20.9. The largest absolute Gasteiger partial charge is 0.482 e. The Morgan fingerprint density at radius 3 is 2.41 bits per heavy atom. The number of hydrogen-bond donors (Lipinski definition) is 2. The molecular formula is C20H17ClN2O3S. The van der Waals surface area contributed by atoms with Crippen LogP contribution in [0.5, 0.6) is 5.75 Å². The molecular weight excluding hydrogens is 384 g/mol. The van der Waals surface area contributed by atoms with Crippen LogP contribution in [0.1, 0.15) is 0 Å². The molecule has 0 spiro atoms. The van der Waals surface area contributed by atoms with Crippen molar-refractivity contribution >= 4 is 45.9 Å². The molecule has 3 aromatic rings. The number of hydrazine groups is 1. The molecule has 0 unspecified atom stereocenters. The minimum atomic E-state index is -0.473. The topological polar surface area (TPSA) is 67.4 Å². The van der Waals surface area contributed by atoms with Gasteiger partial charge in [0.1, 0.15) is 5.75 Å². The zero-order valence-corrected chi connectivity index (χ0v) is 15.8. The summed E-state index contributed by atoms with van der Waals surface area (Å²) in [4.78, 5) is 24.6. The third kappa shape index (κ3) is 5.64. The molecule has 7 heteroatoms. The predicted molar refractivity (Wildman–Crippen MR) is 108 cm³/mol. The number of fused-ring (bicyclic) bond motifs is 1. The second-order valence-electron chi connectivity index (χ2n) is 5.61. The lowest BCUT2D eigenvalue weighted by Gasteiger charge is -2.09. The fourth-order valence-corrected chi connectivity index (χ4v) is 3.26. The minimum absolute atomic E-state index is 0.185. The molecule has 0 radical (unpaired) electrons. The Morgan fingerprint density at radius 2 is 1.59 bits per heavy atom. The molecule has 2 amide bonds. The van der Waals surface area contributed by atoms with E-state index in [1.54, 1.807) is 24.3 Å². The lowest BCUT2D eigenvalue weighted by Crippen LogP contribution is -2.44. The maximum absolute atomic E-state index is 11.9. The summed E-state index contributed by atoms with van der Waals surface area (Å²) in [5.41, 5.74) is 4.69. The lowest BCUT2D eigenvalue weighted by atomic mass is 10.1. The van der Waals surface area contributed by atoms with Crippen LogP contribution in [0.25, 0.3) is 10.8 Å². The minimum Gasteiger partial charge on any atom is -0.482 e. The summed E-state index contributed by atoms with van der Waals surface area (Å²) in [6.07, 6.45) is 0. The number of nitrogens with one attached hydrogen (secondary N) is 2. The monoisotopic (exact) mass is 400 g/mol. The highest BCUT2D eigenvalue weighted by Gasteiger charge is 2.08. The molecule has 0 aliphatic rings. The second kappa shape index (κ2) is 9.30. The van der Waals surface area contributed by atoms with E-state index in [2.05, 4.69) is 10.9 Å². The number of rotatable bonds is 6. The van der Waals surface area contributed by atoms with E-state index in [0.29, 0.717) is 10.8 Å². The van der Waals surface area contributed by atoms with E-state index in [0.717, 1.165) is 15.7 Å². The average molecular weight is 401 g/mol. The van der Waals surface area contributed by atoms with Gasteiger partial charge >= 0.3 is 0 Å². The van der Waals surface area contributed by atoms with Gasteiger partial charge in [-0.05, 0) is 35.0 Å². The van der Waals surface area contributed by atoms with Gasteiger partial charge in [-0.2, -0.15) is 0 Å². The van der Waals surface area contributed by atoms with Gasteiger partial charge in [0.15, 0.2) is 6.61 Å². The Labute approximate surface area is 166 Å². The van der Waals surface area contributed by atoms with Crippen LogP contribution < -0.4 is 15.6 Å². The average Bonchev–Trinajstić information content (AvgIpc) is 2.70. The van der Waals surface area contributed by atoms with Crippen molar-refractivity contribution in [2.24, 2.45) is 0 Å². The number of carbonyl (C=O) groups excluding carboxylic acids is 2. The molecule has 0 aliphatic carbocycles. The van der Waals surface area contributed by atoms with Crippen LogP contribution >= 0.6 is 23.4 Å². The maximum atomic E-state index is 11.9. The standard InChI is InChI=1S/C20H17ClN2O3S/c21-17-7-3-4-8-18(17)26-12-19(24)22-23-20(25)13-27-16-10-9-14-5-1-2-6-15(14)11-16/h1-11H,12-13H2,(H,22,24)(H,23,25). The molecule has 5 nitrogen and oxygen atoms in total. The SMILES string of the molecule is O=C(COc1ccccc1Cl)NNC(=O)CSc1ccc2ccccc2c1. The van der Waals surface area contributed by atoms with E-state index in [1.807, 2.05) is 42.5 Å². The molecule has 0 saturated heterocycles. The molecule has 0 fully saturated rings. The number of para-hydroxylation sites is 1. The molecule has 2 N–H and O–H groups in total. The quantitative estimate of drug-likeness (QED) is 0.487. The van der Waals surface area contributed by atoms with Crippen LogP contribution in [0, 0.1) is 0 Å². The van der Waals surface area contributed by atoms with Crippen molar-refractivity contribution < 1.29 is 14.3 Å². The van der Waals surface area contributed by atoms with Gasteiger partial charge in [-0.25, -0.2) is 0 Å². The van der Waals surface area contributed by atoms with Gasteiger partial charge in [0, 0.05) is 4.90 Å². The van der Waals surface area contributed by atoms with E-state index in [9.17, 15) is 9.59 Å². The highest BCUT2D eigenvalue weighted by atomic mass is 35.5. The molecule has 0 atom stereocenters. The Bertz CT molecular complexity index is 965. The van der Waals surface area contributed by atoms with Gasteiger partial charge in [-0.15, -0.1) is 11.8 Å². The molecule has 0 saturated carbocycles. The molecule has 0 aromatic heterocycles. The predicted octanol–water partition coefficient (Wildman–Crippen LogP) is 3.81. The van der Waals surface area contributed by atoms with Crippen molar-refractivity contribution in [3.8, 4) is 5.75 Å². The molecule has 0 bridgehead atoms. The first kappa shape index (κ1) is 19.1. The summed E-state index contributed by atoms with van der Waals surface area (Å²) in [6.45, 7) is -0.248. The van der Waals surface area contributed by atoms with Crippen LogP contribution in [-0.4, -0.2) is 24.2 Å². The smallest absolute Gasteiger partial charge is 0.276 e. The van der Waals surface area contributed by atoms with E-state index < -0.39 is 5.91 Å². The van der Waals surface area contributed by atoms with Gasteiger partial charge in [-0.1, -0.05) is 54.1 Å². The van der Waals surface area contributed by atoms with Crippen molar-refractivity contribution in [3.63, 3.8) is 0 Å². The third-order valence-corrected chi connectivity index (χ3v) is 4.93. The summed E-state index contributed by atoms with van der Waals surface area (Å²) < 4.78 is 5.30. The molecule has 3 aromatic carbocycles. The van der Waals surface area contributed by atoms with Gasteiger partial charge in [0.2, 0.25) is 5.91 Å². The van der Waals surface area contributed by atoms with Crippen molar-refractivity contribution in [1.29, 1.82) is 0 Å². The number of carbonyl (C=O) groups is 2. The highest BCUT2D eigenvalue weighted by molar-refractivity contribution is 8.00. The van der Waals surface area contributed by atoms with Crippen molar-refractivity contribution in [2.75, 3.05) is 12.4 Å². The first-order valence-corrected chi connectivity index (χ1v) is 9.55. The van der Waals surface area contributed by atoms with E-state index >= 15 is 0 Å². The van der Waals surface area contributed by atoms with Crippen molar-refractivity contribution in [3.05, 3.63) is 71.8 Å². The fourth-order valence-electron chi connectivity index (χ4n) is 2.32. The van der Waals surface area contributed by atoms with E-state index in [1.165, 1.54) is 11.8 Å². The number of halogens is 1. The van der Waals surface area contributed by atoms with E-state index in [4.69, 9.17) is 16.3 Å². The first-order chi connectivity index (χ1) is 13.1. The maximum Gasteiger partial charge on any atom is 0.276 e. The number of ether oxygens (including phenoxy) is 1. The number of thioether (sulfide) groups is 1. The van der Waals surface area contributed by atoms with Gasteiger partial charge in [0.05, 0.1) is 10.8 Å². The van der Waals surface area contributed by atoms with Crippen LogP contribution in [-0.2, 0) is 9.59 Å². The Morgan fingerprint density at radius 1 is 0.889 bits per heavy atom. The fraction of sp³-hybridized carbons (Fsp3) is 0.100. The normalized spacial score (nSPS) is 10.4. The number of amides is 2. The second-order valence-corrected chi connectivity index (χ2v) is 7.07. The molecule has 3 rings (SSSR count). The van der Waals surface area contributed by atoms with Crippen LogP contribution in [0.15, 0.2) is 71.6 Å². The van der Waals surface area contributed by atoms with Gasteiger partial charge < -0.3 is 4.74 Å². The highest BCUT2D eigenvalue weighted by Crippen LogP contribution is 2.24. The van der Waals surface area contributed by atoms with Gasteiger partial charge in [-0.3, -0.25) is 20.4 Å². The summed E-state index contributed by atoms with van der Waals surface area (Å²) in [7, 11) is 0. The van der Waals surface area contributed by atoms with Gasteiger partial charge in [0.25, 0.3) is 5.91 Å². The Balaban J connectivity index is 1.41. The lowest BCUT2D eigenvalue weighted by molar-refractivity contribution is -0.128. The molecule has 0 aliphatic heterocycles. The number of benzene rings is 3. The van der Waals surface area contributed by atoms with Crippen molar-refractivity contribution in [1.82, 2.24) is 10.9 Å². The first-order valence-electron chi connectivity index (χ1n) is 8.18. The Kier molecular flexibility index (Phi) is 6.57. The zero-order valence-electron chi connectivity index (χ0n) is 14.3. The summed E-state index contributed by atoms with van der Waals surface area (Å²) >= 11 is 7.34. The molecule has 138 valence electrons. The zero-order chi connectivity index (χ0) is 19.1. The number of hydrogen-bond acceptors (Lipinski definition) is 4. The third-order valence-electron chi connectivity index (χ3n) is 3.63. The van der Waals surface area contributed by atoms with Crippen LogP contribution in [0.2, 0.25) is 5.02 Å². The summed E-state index contributed by atoms with van der Waals surface area (Å²) in [5.74, 6) is -0.185. The van der Waals surface area contributed by atoms with Crippen molar-refractivity contribution in [2.45, 2.75) is 4.90 Å². The van der Waals surface area contributed by atoms with Crippen LogP contribution in [0.4, 0.5) is 0 Å². The van der Waals surface area contributed by atoms with Crippen LogP contribution in [0.3, 0.4) is 0 Å². The van der Waals surface area contributed by atoms with E-state index in [-0.39, 0.29) is 18.3 Å².